The van der Waals surface area contributed by atoms with Crippen LogP contribution in [0.5, 0.6) is 5.88 Å². The molecule has 1 aliphatic heterocycles. The Bertz CT molecular complexity index is 398. The fourth-order valence-corrected chi connectivity index (χ4v) is 2.44. The van der Waals surface area contributed by atoms with Crippen molar-refractivity contribution in [2.75, 3.05) is 39.2 Å². The van der Waals surface area contributed by atoms with Crippen LogP contribution in [0.15, 0.2) is 18.2 Å². The van der Waals surface area contributed by atoms with Gasteiger partial charge in [0.1, 0.15) is 5.82 Å². The molecule has 1 fully saturated rings. The number of hydrogen-bond acceptors (Lipinski definition) is 5. The number of aliphatic hydroxyl groups is 1. The van der Waals surface area contributed by atoms with Gasteiger partial charge < -0.3 is 19.6 Å². The number of pyridine rings is 1. The molecule has 2 heterocycles. The standard InChI is InChI=1S/C13H21N3O2/c1-15(2)8-10-7-11(17)9-16(10)12-5-4-6-13(14-12)18-3/h4-6,10-11,17H,7-9H2,1-3H3. The van der Waals surface area contributed by atoms with Gasteiger partial charge in [-0.2, -0.15) is 4.98 Å². The molecule has 0 spiro atoms. The second kappa shape index (κ2) is 5.54. The largest absolute Gasteiger partial charge is 0.481 e. The van der Waals surface area contributed by atoms with Gasteiger partial charge in [0.25, 0.3) is 0 Å². The number of β-amino-alcohol motifs (C(OH)–C–C–N with tert-alkyl or cyclic N) is 1. The lowest BCUT2D eigenvalue weighted by molar-refractivity contribution is 0.191. The third-order valence-electron chi connectivity index (χ3n) is 3.18. The van der Waals surface area contributed by atoms with Crippen molar-refractivity contribution in [1.82, 2.24) is 9.88 Å². The van der Waals surface area contributed by atoms with E-state index in [0.29, 0.717) is 18.5 Å². The van der Waals surface area contributed by atoms with Crippen molar-refractivity contribution in [1.29, 1.82) is 0 Å². The highest BCUT2D eigenvalue weighted by Gasteiger charge is 2.32. The van der Waals surface area contributed by atoms with Crippen molar-refractivity contribution < 1.29 is 9.84 Å². The van der Waals surface area contributed by atoms with Crippen LogP contribution in [-0.4, -0.2) is 61.4 Å². The molecule has 1 N–H and O–H groups in total. The van der Waals surface area contributed by atoms with Crippen LogP contribution in [0.4, 0.5) is 5.82 Å². The summed E-state index contributed by atoms with van der Waals surface area (Å²) >= 11 is 0. The molecule has 1 aromatic rings. The van der Waals surface area contributed by atoms with Crippen molar-refractivity contribution in [3.05, 3.63) is 18.2 Å². The summed E-state index contributed by atoms with van der Waals surface area (Å²) < 4.78 is 5.15. The SMILES string of the molecule is COc1cccc(N2CC(O)CC2CN(C)C)n1. The predicted molar refractivity (Wildman–Crippen MR) is 71.1 cm³/mol. The molecule has 0 bridgehead atoms. The number of aromatic nitrogens is 1. The zero-order chi connectivity index (χ0) is 13.1. The summed E-state index contributed by atoms with van der Waals surface area (Å²) in [5.41, 5.74) is 0. The fraction of sp³-hybridized carbons (Fsp3) is 0.615. The van der Waals surface area contributed by atoms with Gasteiger partial charge in [0.2, 0.25) is 5.88 Å². The molecule has 5 nitrogen and oxygen atoms in total. The number of ether oxygens (including phenoxy) is 1. The minimum atomic E-state index is -0.275. The average Bonchev–Trinajstić information content (AvgIpc) is 2.69. The highest BCUT2D eigenvalue weighted by atomic mass is 16.5. The number of aliphatic hydroxyl groups excluding tert-OH is 1. The van der Waals surface area contributed by atoms with Gasteiger partial charge in [0.15, 0.2) is 0 Å². The van der Waals surface area contributed by atoms with Crippen LogP contribution in [-0.2, 0) is 0 Å². The van der Waals surface area contributed by atoms with Crippen molar-refractivity contribution in [3.63, 3.8) is 0 Å². The Balaban J connectivity index is 2.18. The lowest BCUT2D eigenvalue weighted by atomic mass is 10.2. The molecule has 5 heteroatoms. The summed E-state index contributed by atoms with van der Waals surface area (Å²) in [4.78, 5) is 8.73. The minimum Gasteiger partial charge on any atom is -0.481 e. The number of rotatable bonds is 4. The van der Waals surface area contributed by atoms with E-state index in [1.165, 1.54) is 0 Å². The van der Waals surface area contributed by atoms with Crippen LogP contribution in [0.25, 0.3) is 0 Å². The minimum absolute atomic E-state index is 0.275. The number of nitrogens with zero attached hydrogens (tertiary/aromatic N) is 3. The average molecular weight is 251 g/mol. The lowest BCUT2D eigenvalue weighted by Gasteiger charge is -2.27. The number of hydrogen-bond donors (Lipinski definition) is 1. The Kier molecular flexibility index (Phi) is 4.04. The highest BCUT2D eigenvalue weighted by Crippen LogP contribution is 2.25. The lowest BCUT2D eigenvalue weighted by Crippen LogP contribution is -2.38. The zero-order valence-electron chi connectivity index (χ0n) is 11.2. The summed E-state index contributed by atoms with van der Waals surface area (Å²) in [5, 5.41) is 9.85. The molecule has 1 aliphatic rings. The van der Waals surface area contributed by atoms with Crippen LogP contribution in [0, 0.1) is 0 Å². The van der Waals surface area contributed by atoms with Crippen LogP contribution in [0.3, 0.4) is 0 Å². The second-order valence-electron chi connectivity index (χ2n) is 5.00. The van der Waals surface area contributed by atoms with Gasteiger partial charge in [0.05, 0.1) is 13.2 Å². The van der Waals surface area contributed by atoms with E-state index in [0.717, 1.165) is 18.8 Å². The molecular weight excluding hydrogens is 230 g/mol. The van der Waals surface area contributed by atoms with Crippen LogP contribution in [0.2, 0.25) is 0 Å². The van der Waals surface area contributed by atoms with E-state index in [1.807, 2.05) is 32.3 Å². The van der Waals surface area contributed by atoms with E-state index >= 15 is 0 Å². The van der Waals surface area contributed by atoms with E-state index in [4.69, 9.17) is 4.74 Å². The summed E-state index contributed by atoms with van der Waals surface area (Å²) in [6.45, 7) is 1.55. The molecule has 2 atom stereocenters. The van der Waals surface area contributed by atoms with Gasteiger partial charge >= 0.3 is 0 Å². The molecule has 0 amide bonds. The molecule has 1 aromatic heterocycles. The van der Waals surface area contributed by atoms with Gasteiger partial charge in [-0.05, 0) is 26.6 Å². The van der Waals surface area contributed by atoms with Gasteiger partial charge in [0, 0.05) is 25.2 Å². The monoisotopic (exact) mass is 251 g/mol. The maximum Gasteiger partial charge on any atom is 0.214 e. The second-order valence-corrected chi connectivity index (χ2v) is 5.00. The Morgan fingerprint density at radius 3 is 2.94 bits per heavy atom. The van der Waals surface area contributed by atoms with E-state index in [1.54, 1.807) is 7.11 Å². The predicted octanol–water partition coefficient (Wildman–Crippen LogP) is 0.591. The maximum atomic E-state index is 9.85. The quantitative estimate of drug-likeness (QED) is 0.849. The van der Waals surface area contributed by atoms with Crippen LogP contribution >= 0.6 is 0 Å². The maximum absolute atomic E-state index is 9.85. The molecular formula is C13H21N3O2. The molecule has 0 aromatic carbocycles. The Hall–Kier alpha value is -1.33. The molecule has 0 saturated carbocycles. The Morgan fingerprint density at radius 1 is 1.50 bits per heavy atom. The zero-order valence-corrected chi connectivity index (χ0v) is 11.2. The molecule has 0 radical (unpaired) electrons. The van der Waals surface area contributed by atoms with Crippen molar-refractivity contribution >= 4 is 5.82 Å². The Labute approximate surface area is 108 Å². The first-order valence-corrected chi connectivity index (χ1v) is 6.20. The highest BCUT2D eigenvalue weighted by molar-refractivity contribution is 5.43. The van der Waals surface area contributed by atoms with Crippen molar-refractivity contribution in [3.8, 4) is 5.88 Å². The number of methoxy groups -OCH3 is 1. The van der Waals surface area contributed by atoms with E-state index in [2.05, 4.69) is 14.8 Å². The van der Waals surface area contributed by atoms with Gasteiger partial charge in [-0.15, -0.1) is 0 Å². The molecule has 18 heavy (non-hydrogen) atoms. The summed E-state index contributed by atoms with van der Waals surface area (Å²) in [6.07, 6.45) is 0.514. The first-order valence-electron chi connectivity index (χ1n) is 6.20. The third-order valence-corrected chi connectivity index (χ3v) is 3.18. The molecule has 1 saturated heterocycles. The van der Waals surface area contributed by atoms with Crippen LogP contribution < -0.4 is 9.64 Å². The van der Waals surface area contributed by atoms with E-state index in [-0.39, 0.29) is 6.10 Å². The van der Waals surface area contributed by atoms with Gasteiger partial charge in [-0.3, -0.25) is 0 Å². The third kappa shape index (κ3) is 2.91. The number of anilines is 1. The summed E-state index contributed by atoms with van der Waals surface area (Å²) in [7, 11) is 5.70. The normalized spacial score (nSPS) is 23.7. The van der Waals surface area contributed by atoms with E-state index < -0.39 is 0 Å². The summed E-state index contributed by atoms with van der Waals surface area (Å²) in [5.74, 6) is 1.48. The molecule has 2 unspecified atom stereocenters. The van der Waals surface area contributed by atoms with Gasteiger partial charge in [-0.1, -0.05) is 6.07 Å². The molecule has 2 rings (SSSR count). The molecule has 0 aliphatic carbocycles. The summed E-state index contributed by atoms with van der Waals surface area (Å²) in [6, 6.07) is 6.02. The topological polar surface area (TPSA) is 48.8 Å². The van der Waals surface area contributed by atoms with Crippen LogP contribution in [0.1, 0.15) is 6.42 Å². The first kappa shape index (κ1) is 13.1. The fourth-order valence-electron chi connectivity index (χ4n) is 2.44. The van der Waals surface area contributed by atoms with Crippen molar-refractivity contribution in [2.45, 2.75) is 18.6 Å². The Morgan fingerprint density at radius 2 is 2.28 bits per heavy atom. The number of likely N-dealkylation sites (N-methyl/N-ethyl adjacent to an activating group) is 1. The first-order chi connectivity index (χ1) is 8.60. The van der Waals surface area contributed by atoms with E-state index in [9.17, 15) is 5.11 Å². The molecule has 100 valence electrons. The van der Waals surface area contributed by atoms with Gasteiger partial charge in [-0.25, -0.2) is 0 Å². The van der Waals surface area contributed by atoms with Crippen molar-refractivity contribution in [2.24, 2.45) is 0 Å². The smallest absolute Gasteiger partial charge is 0.214 e.